The van der Waals surface area contributed by atoms with Gasteiger partial charge in [-0.2, -0.15) is 0 Å². The molecular weight excluding hydrogens is 246 g/mol. The minimum absolute atomic E-state index is 0.276. The lowest BCUT2D eigenvalue weighted by Gasteiger charge is -1.96. The summed E-state index contributed by atoms with van der Waals surface area (Å²) in [5, 5.41) is 0. The maximum atomic E-state index is 11.7. The Morgan fingerprint density at radius 2 is 2.00 bits per heavy atom. The molecule has 0 atom stereocenters. The molecule has 0 unspecified atom stereocenters. The second kappa shape index (κ2) is 3.91. The zero-order valence-electron chi connectivity index (χ0n) is 10.4. The van der Waals surface area contributed by atoms with Crippen molar-refractivity contribution in [1.82, 2.24) is 24.5 Å². The molecule has 0 radical (unpaired) electrons. The number of pyridine rings is 1. The van der Waals surface area contributed by atoms with E-state index in [4.69, 9.17) is 0 Å². The molecule has 19 heavy (non-hydrogen) atoms. The highest BCUT2D eigenvalue weighted by Gasteiger charge is 2.12. The van der Waals surface area contributed by atoms with Crippen molar-refractivity contribution in [3.05, 3.63) is 44.9 Å². The average Bonchev–Trinajstić information content (AvgIpc) is 2.82. The lowest BCUT2D eigenvalue weighted by molar-refractivity contribution is 0.832. The van der Waals surface area contributed by atoms with E-state index in [2.05, 4.69) is 19.9 Å². The van der Waals surface area contributed by atoms with Crippen LogP contribution in [0.2, 0.25) is 0 Å². The first-order valence-electron chi connectivity index (χ1n) is 5.67. The van der Waals surface area contributed by atoms with Crippen molar-refractivity contribution in [1.29, 1.82) is 0 Å². The summed E-state index contributed by atoms with van der Waals surface area (Å²) in [4.78, 5) is 36.7. The fourth-order valence-corrected chi connectivity index (χ4v) is 1.93. The molecule has 2 N–H and O–H groups in total. The number of aryl methyl sites for hydroxylation is 2. The molecular formula is C12H11N5O2. The highest BCUT2D eigenvalue weighted by Crippen LogP contribution is 2.17. The number of aromatic nitrogens is 5. The number of imidazole rings is 1. The number of rotatable bonds is 1. The minimum atomic E-state index is -0.488. The van der Waals surface area contributed by atoms with Gasteiger partial charge in [0.15, 0.2) is 5.65 Å². The molecule has 7 nitrogen and oxygen atoms in total. The Kier molecular flexibility index (Phi) is 2.34. The van der Waals surface area contributed by atoms with Crippen molar-refractivity contribution in [2.75, 3.05) is 0 Å². The van der Waals surface area contributed by atoms with Crippen LogP contribution in [0.25, 0.3) is 22.6 Å². The third kappa shape index (κ3) is 1.75. The van der Waals surface area contributed by atoms with Crippen LogP contribution in [0.3, 0.4) is 0 Å². The molecule has 0 aliphatic carbocycles. The van der Waals surface area contributed by atoms with Gasteiger partial charge in [-0.15, -0.1) is 0 Å². The average molecular weight is 257 g/mol. The highest BCUT2D eigenvalue weighted by atomic mass is 16.2. The minimum Gasteiger partial charge on any atom is -0.332 e. The molecule has 0 spiro atoms. The Bertz CT molecular complexity index is 887. The second-order valence-corrected chi connectivity index (χ2v) is 4.35. The van der Waals surface area contributed by atoms with Crippen LogP contribution in [-0.2, 0) is 7.05 Å². The van der Waals surface area contributed by atoms with Crippen LogP contribution in [0.4, 0.5) is 0 Å². The van der Waals surface area contributed by atoms with Crippen LogP contribution < -0.4 is 11.2 Å². The largest absolute Gasteiger partial charge is 0.332 e. The molecule has 3 aromatic rings. The van der Waals surface area contributed by atoms with Gasteiger partial charge in [0.2, 0.25) is 0 Å². The molecule has 0 saturated carbocycles. The first-order valence-corrected chi connectivity index (χ1v) is 5.67. The van der Waals surface area contributed by atoms with Crippen molar-refractivity contribution in [3.63, 3.8) is 0 Å². The zero-order valence-corrected chi connectivity index (χ0v) is 10.4. The van der Waals surface area contributed by atoms with Gasteiger partial charge in [0.25, 0.3) is 5.56 Å². The van der Waals surface area contributed by atoms with Gasteiger partial charge in [0.05, 0.1) is 0 Å². The fraction of sp³-hybridized carbons (Fsp3) is 0.167. The summed E-state index contributed by atoms with van der Waals surface area (Å²) >= 11 is 0. The lowest BCUT2D eigenvalue weighted by atomic mass is 10.2. The summed E-state index contributed by atoms with van der Waals surface area (Å²) in [6.07, 6.45) is 3.38. The lowest BCUT2D eigenvalue weighted by Crippen LogP contribution is -2.28. The topological polar surface area (TPSA) is 96.4 Å². The third-order valence-corrected chi connectivity index (χ3v) is 2.90. The predicted molar refractivity (Wildman–Crippen MR) is 69.9 cm³/mol. The van der Waals surface area contributed by atoms with Crippen LogP contribution in [-0.4, -0.2) is 24.5 Å². The van der Waals surface area contributed by atoms with Gasteiger partial charge < -0.3 is 4.98 Å². The van der Waals surface area contributed by atoms with E-state index in [-0.39, 0.29) is 5.52 Å². The zero-order chi connectivity index (χ0) is 13.6. The van der Waals surface area contributed by atoms with Gasteiger partial charge in [0.1, 0.15) is 11.3 Å². The Morgan fingerprint density at radius 1 is 1.21 bits per heavy atom. The summed E-state index contributed by atoms with van der Waals surface area (Å²) < 4.78 is 1.29. The van der Waals surface area contributed by atoms with E-state index in [0.29, 0.717) is 11.5 Å². The number of hydrogen-bond acceptors (Lipinski definition) is 4. The fourth-order valence-electron chi connectivity index (χ4n) is 1.93. The van der Waals surface area contributed by atoms with Gasteiger partial charge in [0, 0.05) is 25.0 Å². The number of fused-ring (bicyclic) bond motifs is 1. The number of aromatic amines is 2. The van der Waals surface area contributed by atoms with E-state index < -0.39 is 11.2 Å². The Balaban J connectivity index is 2.34. The molecule has 0 aromatic carbocycles. The van der Waals surface area contributed by atoms with Gasteiger partial charge in [-0.1, -0.05) is 0 Å². The molecule has 3 rings (SSSR count). The molecule has 3 heterocycles. The first-order chi connectivity index (χ1) is 9.06. The smallest absolute Gasteiger partial charge is 0.329 e. The maximum Gasteiger partial charge on any atom is 0.329 e. The number of nitrogens with zero attached hydrogens (tertiary/aromatic N) is 3. The standard InChI is InChI=1S/C12H11N5O2/c1-6-3-7(5-13-4-6)9-14-8-10(15-9)17(2)12(19)16-11(8)18/h3-5H,1-2H3,(H,14,15)(H,16,18,19). The predicted octanol–water partition coefficient (Wildman–Crippen LogP) is 0.320. The number of nitrogens with one attached hydrogen (secondary N) is 2. The van der Waals surface area contributed by atoms with E-state index >= 15 is 0 Å². The molecule has 7 heteroatoms. The molecule has 0 fully saturated rings. The van der Waals surface area contributed by atoms with Crippen molar-refractivity contribution < 1.29 is 0 Å². The Morgan fingerprint density at radius 3 is 2.74 bits per heavy atom. The van der Waals surface area contributed by atoms with Crippen LogP contribution in [0.15, 0.2) is 28.0 Å². The van der Waals surface area contributed by atoms with Crippen LogP contribution in [0, 0.1) is 6.92 Å². The molecule has 0 aliphatic rings. The second-order valence-electron chi connectivity index (χ2n) is 4.35. The molecule has 3 aromatic heterocycles. The molecule has 96 valence electrons. The van der Waals surface area contributed by atoms with E-state index in [9.17, 15) is 9.59 Å². The van der Waals surface area contributed by atoms with E-state index in [1.807, 2.05) is 13.0 Å². The highest BCUT2D eigenvalue weighted by molar-refractivity contribution is 5.75. The van der Waals surface area contributed by atoms with Gasteiger partial charge in [-0.25, -0.2) is 9.78 Å². The summed E-state index contributed by atoms with van der Waals surface area (Å²) in [7, 11) is 1.56. The van der Waals surface area contributed by atoms with E-state index in [1.165, 1.54) is 4.57 Å². The van der Waals surface area contributed by atoms with Crippen LogP contribution in [0.1, 0.15) is 5.56 Å². The Hall–Kier alpha value is -2.70. The van der Waals surface area contributed by atoms with Crippen molar-refractivity contribution in [3.8, 4) is 11.4 Å². The van der Waals surface area contributed by atoms with Gasteiger partial charge in [-0.3, -0.25) is 19.3 Å². The monoisotopic (exact) mass is 257 g/mol. The first kappa shape index (κ1) is 11.4. The van der Waals surface area contributed by atoms with Gasteiger partial charge >= 0.3 is 5.69 Å². The van der Waals surface area contributed by atoms with Crippen molar-refractivity contribution in [2.24, 2.45) is 7.05 Å². The summed E-state index contributed by atoms with van der Waals surface area (Å²) in [5.74, 6) is 0.512. The van der Waals surface area contributed by atoms with Crippen LogP contribution in [0.5, 0.6) is 0 Å². The molecule has 0 bridgehead atoms. The number of H-pyrrole nitrogens is 2. The van der Waals surface area contributed by atoms with Gasteiger partial charge in [-0.05, 0) is 18.6 Å². The van der Waals surface area contributed by atoms with Crippen molar-refractivity contribution >= 4 is 11.2 Å². The van der Waals surface area contributed by atoms with E-state index in [0.717, 1.165) is 11.1 Å². The summed E-state index contributed by atoms with van der Waals surface area (Å²) in [6, 6.07) is 1.90. The number of hydrogen-bond donors (Lipinski definition) is 2. The summed E-state index contributed by atoms with van der Waals surface area (Å²) in [5.41, 5.74) is 1.39. The third-order valence-electron chi connectivity index (χ3n) is 2.90. The summed E-state index contributed by atoms with van der Waals surface area (Å²) in [6.45, 7) is 1.92. The van der Waals surface area contributed by atoms with Crippen molar-refractivity contribution in [2.45, 2.75) is 6.92 Å². The molecule has 0 aliphatic heterocycles. The molecule has 0 amide bonds. The van der Waals surface area contributed by atoms with Crippen LogP contribution >= 0.6 is 0 Å². The SMILES string of the molecule is Cc1cncc(-c2nc3c([nH]2)c(=O)[nH]c(=O)n3C)c1. The van der Waals surface area contributed by atoms with E-state index in [1.54, 1.807) is 19.4 Å². The molecule has 0 saturated heterocycles. The maximum absolute atomic E-state index is 11.7. The quantitative estimate of drug-likeness (QED) is 0.656. The normalized spacial score (nSPS) is 11.1. The Labute approximate surface area is 107 Å².